The van der Waals surface area contributed by atoms with Crippen LogP contribution < -0.4 is 5.32 Å². The number of rotatable bonds is 4. The molecule has 0 saturated heterocycles. The lowest BCUT2D eigenvalue weighted by molar-refractivity contribution is 0.384. The molecule has 8 heteroatoms. The van der Waals surface area contributed by atoms with Crippen LogP contribution in [0.4, 0.5) is 4.39 Å². The predicted molar refractivity (Wildman–Crippen MR) is 111 cm³/mol. The van der Waals surface area contributed by atoms with Crippen LogP contribution in [0.2, 0.25) is 0 Å². The summed E-state index contributed by atoms with van der Waals surface area (Å²) in [5, 5.41) is 10.2. The van der Waals surface area contributed by atoms with E-state index in [2.05, 4.69) is 16.4 Å². The second-order valence-corrected chi connectivity index (χ2v) is 8.43. The van der Waals surface area contributed by atoms with Gasteiger partial charge in [0.15, 0.2) is 11.0 Å². The highest BCUT2D eigenvalue weighted by atomic mass is 32.2. The van der Waals surface area contributed by atoms with E-state index in [1.807, 2.05) is 23.0 Å². The smallest absolute Gasteiger partial charge is 0.194 e. The van der Waals surface area contributed by atoms with E-state index >= 15 is 0 Å². The molecule has 1 aliphatic carbocycles. The molecule has 1 N–H and O–H groups in total. The Morgan fingerprint density at radius 1 is 1.03 bits per heavy atom. The molecule has 2 aliphatic rings. The maximum atomic E-state index is 13.3. The van der Waals surface area contributed by atoms with E-state index in [1.54, 1.807) is 24.5 Å². The van der Waals surface area contributed by atoms with Gasteiger partial charge in [-0.2, -0.15) is 0 Å². The normalized spacial score (nSPS) is 17.4. The predicted octanol–water partition coefficient (Wildman–Crippen LogP) is 4.30. The van der Waals surface area contributed by atoms with Crippen LogP contribution in [0.25, 0.3) is 22.5 Å². The van der Waals surface area contributed by atoms with E-state index in [-0.39, 0.29) is 12.0 Å². The first-order valence-corrected chi connectivity index (χ1v) is 10.6. The quantitative estimate of drug-likeness (QED) is 0.535. The summed E-state index contributed by atoms with van der Waals surface area (Å²) in [6.45, 7) is 0. The molecule has 1 aromatic carbocycles. The van der Waals surface area contributed by atoms with Gasteiger partial charge in [-0.3, -0.25) is 10.3 Å². The van der Waals surface area contributed by atoms with Crippen LogP contribution in [0.15, 0.2) is 71.2 Å². The molecule has 1 unspecified atom stereocenters. The first-order valence-electron chi connectivity index (χ1n) is 9.81. The molecular weight excluding hydrogens is 399 g/mol. The van der Waals surface area contributed by atoms with Crippen molar-refractivity contribution in [3.63, 3.8) is 0 Å². The summed E-state index contributed by atoms with van der Waals surface area (Å²) in [7, 11) is 0. The first kappa shape index (κ1) is 17.7. The van der Waals surface area contributed by atoms with Crippen molar-refractivity contribution in [2.45, 2.75) is 35.2 Å². The number of hydrogen-bond donors (Lipinski definition) is 1. The van der Waals surface area contributed by atoms with Crippen molar-refractivity contribution in [1.29, 1.82) is 0 Å². The van der Waals surface area contributed by atoms with Gasteiger partial charge >= 0.3 is 0 Å². The third-order valence-electron chi connectivity index (χ3n) is 5.27. The number of fused-ring (bicyclic) bond motifs is 2. The Kier molecular flexibility index (Phi) is 4.14. The number of benzene rings is 1. The zero-order valence-electron chi connectivity index (χ0n) is 15.9. The molecule has 3 aromatic heterocycles. The highest BCUT2D eigenvalue weighted by Gasteiger charge is 2.34. The molecule has 4 heterocycles. The summed E-state index contributed by atoms with van der Waals surface area (Å²) in [5.74, 6) is 0.406. The molecule has 4 aromatic rings. The van der Waals surface area contributed by atoms with Crippen molar-refractivity contribution in [1.82, 2.24) is 30.0 Å². The Labute approximate surface area is 176 Å². The summed E-state index contributed by atoms with van der Waals surface area (Å²) in [6, 6.07) is 12.9. The monoisotopic (exact) mass is 416 g/mol. The Morgan fingerprint density at radius 2 is 1.90 bits per heavy atom. The van der Waals surface area contributed by atoms with Crippen LogP contribution in [0.1, 0.15) is 24.6 Å². The molecule has 0 amide bonds. The second kappa shape index (κ2) is 7.00. The molecule has 6 nitrogen and oxygen atoms in total. The van der Waals surface area contributed by atoms with Crippen molar-refractivity contribution in [3.05, 3.63) is 72.4 Å². The van der Waals surface area contributed by atoms with Crippen LogP contribution >= 0.6 is 11.8 Å². The van der Waals surface area contributed by atoms with Crippen molar-refractivity contribution < 1.29 is 4.39 Å². The van der Waals surface area contributed by atoms with Gasteiger partial charge in [0.05, 0.1) is 0 Å². The van der Waals surface area contributed by atoms with Crippen molar-refractivity contribution in [2.75, 3.05) is 0 Å². The Bertz CT molecular complexity index is 1220. The molecule has 6 rings (SSSR count). The van der Waals surface area contributed by atoms with Crippen molar-refractivity contribution in [2.24, 2.45) is 0 Å². The molecule has 0 spiro atoms. The van der Waals surface area contributed by atoms with Crippen LogP contribution in [-0.2, 0) is 0 Å². The van der Waals surface area contributed by atoms with Gasteiger partial charge in [-0.15, -0.1) is 5.10 Å². The summed E-state index contributed by atoms with van der Waals surface area (Å²) in [4.78, 5) is 13.6. The van der Waals surface area contributed by atoms with Gasteiger partial charge < -0.3 is 0 Å². The zero-order valence-corrected chi connectivity index (χ0v) is 16.7. The lowest BCUT2D eigenvalue weighted by atomic mass is 10.0. The summed E-state index contributed by atoms with van der Waals surface area (Å²) >= 11 is 1.51. The lowest BCUT2D eigenvalue weighted by Gasteiger charge is -2.26. The van der Waals surface area contributed by atoms with Crippen LogP contribution in [0, 0.1) is 5.82 Å². The summed E-state index contributed by atoms with van der Waals surface area (Å²) < 4.78 is 15.3. The summed E-state index contributed by atoms with van der Waals surface area (Å²) in [5.41, 5.74) is 3.83. The van der Waals surface area contributed by atoms with E-state index in [1.165, 1.54) is 23.9 Å². The Hall–Kier alpha value is -3.10. The molecule has 1 fully saturated rings. The van der Waals surface area contributed by atoms with Gasteiger partial charge in [0.25, 0.3) is 0 Å². The Balaban J connectivity index is 1.44. The molecule has 148 valence electrons. The number of pyridine rings is 2. The van der Waals surface area contributed by atoms with E-state index < -0.39 is 0 Å². The molecule has 1 saturated carbocycles. The second-order valence-electron chi connectivity index (χ2n) is 7.48. The number of hydrogen-bond acceptors (Lipinski definition) is 6. The zero-order chi connectivity index (χ0) is 20.1. The van der Waals surface area contributed by atoms with E-state index in [4.69, 9.17) is 15.1 Å². The molecule has 0 bridgehead atoms. The van der Waals surface area contributed by atoms with Gasteiger partial charge in [-0.1, -0.05) is 12.1 Å². The standard InChI is InChI=1S/C22H17FN6S/c23-16-5-3-13(4-6-16)15-10-18-20(26-17-7-8-17)29-22(30-21(18)25-12-15)27-19(28-29)14-2-1-9-24-11-14/h1-6,9-12,17,20,26H,7-8H2. The minimum absolute atomic E-state index is 0.144. The average Bonchev–Trinajstić information content (AvgIpc) is 3.50. The number of nitrogens with one attached hydrogen (secondary N) is 1. The SMILES string of the molecule is Fc1ccc(-c2cnc3c(c2)C(NC2CC2)n2nc(-c4cccnc4)nc2S3)cc1. The number of nitrogens with zero attached hydrogens (tertiary/aromatic N) is 5. The van der Waals surface area contributed by atoms with Gasteiger partial charge in [0.2, 0.25) is 0 Å². The highest BCUT2D eigenvalue weighted by Crippen LogP contribution is 2.41. The average molecular weight is 416 g/mol. The first-order chi connectivity index (χ1) is 14.7. The number of halogens is 1. The van der Waals surface area contributed by atoms with Gasteiger partial charge in [-0.25, -0.2) is 19.0 Å². The maximum absolute atomic E-state index is 13.3. The lowest BCUT2D eigenvalue weighted by Crippen LogP contribution is -2.33. The van der Waals surface area contributed by atoms with E-state index in [0.29, 0.717) is 11.9 Å². The molecule has 30 heavy (non-hydrogen) atoms. The molecule has 1 aliphatic heterocycles. The molecule has 0 radical (unpaired) electrons. The fourth-order valence-electron chi connectivity index (χ4n) is 3.57. The summed E-state index contributed by atoms with van der Waals surface area (Å²) in [6.07, 6.45) is 7.51. The van der Waals surface area contributed by atoms with Gasteiger partial charge in [0.1, 0.15) is 17.0 Å². The largest absolute Gasteiger partial charge is 0.289 e. The molecule has 1 atom stereocenters. The van der Waals surface area contributed by atoms with Crippen molar-refractivity contribution in [3.8, 4) is 22.5 Å². The van der Waals surface area contributed by atoms with E-state index in [0.717, 1.165) is 45.3 Å². The third kappa shape index (κ3) is 3.18. The minimum Gasteiger partial charge on any atom is -0.289 e. The van der Waals surface area contributed by atoms with Crippen molar-refractivity contribution >= 4 is 11.8 Å². The number of aromatic nitrogens is 5. The topological polar surface area (TPSA) is 68.5 Å². The maximum Gasteiger partial charge on any atom is 0.194 e. The minimum atomic E-state index is -0.247. The van der Waals surface area contributed by atoms with Gasteiger partial charge in [0, 0.05) is 41.3 Å². The Morgan fingerprint density at radius 3 is 2.67 bits per heavy atom. The fourth-order valence-corrected chi connectivity index (χ4v) is 4.51. The fraction of sp³-hybridized carbons (Fsp3) is 0.182. The molecular formula is C22H17FN6S. The van der Waals surface area contributed by atoms with E-state index in [9.17, 15) is 4.39 Å². The van der Waals surface area contributed by atoms with Crippen LogP contribution in [0.5, 0.6) is 0 Å². The third-order valence-corrected chi connectivity index (χ3v) is 6.27. The highest BCUT2D eigenvalue weighted by molar-refractivity contribution is 7.99. The van der Waals surface area contributed by atoms with Crippen LogP contribution in [-0.4, -0.2) is 30.8 Å². The van der Waals surface area contributed by atoms with Gasteiger partial charge in [-0.05, 0) is 60.5 Å². The van der Waals surface area contributed by atoms with Crippen LogP contribution in [0.3, 0.4) is 0 Å².